The summed E-state index contributed by atoms with van der Waals surface area (Å²) in [6.07, 6.45) is 2.10. The highest BCUT2D eigenvalue weighted by molar-refractivity contribution is 5.19. The van der Waals surface area contributed by atoms with Crippen LogP contribution in [-0.2, 0) is 4.74 Å². The van der Waals surface area contributed by atoms with Crippen LogP contribution < -0.4 is 5.73 Å². The fraction of sp³-hybridized carbons (Fsp3) is 0.571. The lowest BCUT2D eigenvalue weighted by atomic mass is 9.90. The Bertz CT molecular complexity index is 295. The molecule has 0 saturated heterocycles. The molecule has 1 unspecified atom stereocenters. The smallest absolute Gasteiger partial charge is 0.0623 e. The Kier molecular flexibility index (Phi) is 4.97. The van der Waals surface area contributed by atoms with Crippen LogP contribution in [0.1, 0.15) is 38.2 Å². The second-order valence-electron chi connectivity index (χ2n) is 4.85. The predicted molar refractivity (Wildman–Crippen MR) is 68.6 cm³/mol. The van der Waals surface area contributed by atoms with Crippen LogP contribution in [0, 0.1) is 0 Å². The molecule has 0 saturated carbocycles. The zero-order chi connectivity index (χ0) is 12.0. The van der Waals surface area contributed by atoms with Crippen LogP contribution in [0.5, 0.6) is 0 Å². The molecule has 2 nitrogen and oxygen atoms in total. The van der Waals surface area contributed by atoms with Crippen LogP contribution in [0.2, 0.25) is 0 Å². The Labute approximate surface area is 98.8 Å². The maximum absolute atomic E-state index is 5.83. The first-order valence-corrected chi connectivity index (χ1v) is 5.89. The molecule has 0 bridgehead atoms. The summed E-state index contributed by atoms with van der Waals surface area (Å²) < 4.78 is 5.43. The quantitative estimate of drug-likeness (QED) is 0.801. The molecule has 0 aliphatic rings. The Morgan fingerprint density at radius 1 is 1.25 bits per heavy atom. The van der Waals surface area contributed by atoms with Gasteiger partial charge in [0.25, 0.3) is 0 Å². The van der Waals surface area contributed by atoms with Gasteiger partial charge >= 0.3 is 0 Å². The van der Waals surface area contributed by atoms with Gasteiger partial charge in [-0.3, -0.25) is 0 Å². The first kappa shape index (κ1) is 13.2. The SMILES string of the molecule is COC(C)(C)CCC(CN)c1ccccc1. The molecule has 2 N–H and O–H groups in total. The molecule has 1 aromatic carbocycles. The second kappa shape index (κ2) is 6.02. The third kappa shape index (κ3) is 3.95. The van der Waals surface area contributed by atoms with Gasteiger partial charge in [0.1, 0.15) is 0 Å². The molecule has 1 aromatic rings. The van der Waals surface area contributed by atoms with Gasteiger partial charge < -0.3 is 10.5 Å². The Morgan fingerprint density at radius 3 is 2.38 bits per heavy atom. The molecule has 0 aromatic heterocycles. The van der Waals surface area contributed by atoms with E-state index >= 15 is 0 Å². The number of nitrogens with two attached hydrogens (primary N) is 1. The second-order valence-corrected chi connectivity index (χ2v) is 4.85. The summed E-state index contributed by atoms with van der Waals surface area (Å²) in [5.74, 6) is 0.440. The molecular formula is C14H23NO. The van der Waals surface area contributed by atoms with E-state index in [0.717, 1.165) is 12.8 Å². The summed E-state index contributed by atoms with van der Waals surface area (Å²) >= 11 is 0. The van der Waals surface area contributed by atoms with E-state index in [2.05, 4.69) is 38.1 Å². The number of rotatable bonds is 6. The van der Waals surface area contributed by atoms with Crippen molar-refractivity contribution < 1.29 is 4.74 Å². The van der Waals surface area contributed by atoms with Crippen molar-refractivity contribution in [2.24, 2.45) is 5.73 Å². The van der Waals surface area contributed by atoms with Crippen LogP contribution in [0.3, 0.4) is 0 Å². The van der Waals surface area contributed by atoms with Crippen molar-refractivity contribution in [3.63, 3.8) is 0 Å². The summed E-state index contributed by atoms with van der Waals surface area (Å²) in [5, 5.41) is 0. The van der Waals surface area contributed by atoms with Crippen molar-refractivity contribution in [3.05, 3.63) is 35.9 Å². The summed E-state index contributed by atoms with van der Waals surface area (Å²) in [6.45, 7) is 4.93. The first-order valence-electron chi connectivity index (χ1n) is 5.89. The Morgan fingerprint density at radius 2 is 1.88 bits per heavy atom. The lowest BCUT2D eigenvalue weighted by Crippen LogP contribution is -2.24. The minimum atomic E-state index is -0.0534. The van der Waals surface area contributed by atoms with Crippen molar-refractivity contribution in [2.75, 3.05) is 13.7 Å². The Hall–Kier alpha value is -0.860. The molecule has 1 rings (SSSR count). The molecule has 16 heavy (non-hydrogen) atoms. The summed E-state index contributed by atoms with van der Waals surface area (Å²) in [5.41, 5.74) is 7.11. The van der Waals surface area contributed by atoms with E-state index in [-0.39, 0.29) is 5.60 Å². The van der Waals surface area contributed by atoms with Gasteiger partial charge in [-0.1, -0.05) is 30.3 Å². The number of ether oxygens (including phenoxy) is 1. The van der Waals surface area contributed by atoms with E-state index < -0.39 is 0 Å². The van der Waals surface area contributed by atoms with Crippen molar-refractivity contribution >= 4 is 0 Å². The highest BCUT2D eigenvalue weighted by Crippen LogP contribution is 2.25. The van der Waals surface area contributed by atoms with Gasteiger partial charge in [0.05, 0.1) is 5.60 Å². The molecule has 0 spiro atoms. The zero-order valence-corrected chi connectivity index (χ0v) is 10.6. The standard InChI is InChI=1S/C14H23NO/c1-14(2,16-3)10-9-13(11-15)12-7-5-4-6-8-12/h4-8,13H,9-11,15H2,1-3H3. The maximum Gasteiger partial charge on any atom is 0.0623 e. The number of hydrogen-bond donors (Lipinski definition) is 1. The van der Waals surface area contributed by atoms with E-state index in [1.165, 1.54) is 5.56 Å². The molecule has 0 amide bonds. The van der Waals surface area contributed by atoms with Crippen LogP contribution in [0.25, 0.3) is 0 Å². The molecule has 1 atom stereocenters. The van der Waals surface area contributed by atoms with Gasteiger partial charge in [-0.2, -0.15) is 0 Å². The lowest BCUT2D eigenvalue weighted by molar-refractivity contribution is 0.0125. The molecule has 0 radical (unpaired) electrons. The minimum absolute atomic E-state index is 0.0534. The monoisotopic (exact) mass is 221 g/mol. The third-order valence-corrected chi connectivity index (χ3v) is 3.20. The molecule has 90 valence electrons. The van der Waals surface area contributed by atoms with Crippen molar-refractivity contribution in [1.82, 2.24) is 0 Å². The number of benzene rings is 1. The van der Waals surface area contributed by atoms with E-state index in [0.29, 0.717) is 12.5 Å². The van der Waals surface area contributed by atoms with E-state index in [1.54, 1.807) is 7.11 Å². The van der Waals surface area contributed by atoms with Crippen LogP contribution >= 0.6 is 0 Å². The average molecular weight is 221 g/mol. The van der Waals surface area contributed by atoms with Gasteiger partial charge in [-0.15, -0.1) is 0 Å². The van der Waals surface area contributed by atoms with Gasteiger partial charge in [0.2, 0.25) is 0 Å². The molecule has 0 aliphatic heterocycles. The van der Waals surface area contributed by atoms with E-state index in [1.807, 2.05) is 6.07 Å². The minimum Gasteiger partial charge on any atom is -0.379 e. The van der Waals surface area contributed by atoms with Crippen LogP contribution in [0.4, 0.5) is 0 Å². The van der Waals surface area contributed by atoms with Gasteiger partial charge in [0, 0.05) is 7.11 Å². The predicted octanol–water partition coefficient (Wildman–Crippen LogP) is 2.93. The number of methoxy groups -OCH3 is 1. The van der Waals surface area contributed by atoms with Gasteiger partial charge in [-0.05, 0) is 44.7 Å². The first-order chi connectivity index (χ1) is 7.59. The zero-order valence-electron chi connectivity index (χ0n) is 10.6. The highest BCUT2D eigenvalue weighted by Gasteiger charge is 2.19. The maximum atomic E-state index is 5.83. The number of hydrogen-bond acceptors (Lipinski definition) is 2. The van der Waals surface area contributed by atoms with Crippen LogP contribution in [0.15, 0.2) is 30.3 Å². The van der Waals surface area contributed by atoms with E-state index in [4.69, 9.17) is 10.5 Å². The van der Waals surface area contributed by atoms with E-state index in [9.17, 15) is 0 Å². The summed E-state index contributed by atoms with van der Waals surface area (Å²) in [7, 11) is 1.76. The fourth-order valence-electron chi connectivity index (χ4n) is 1.77. The third-order valence-electron chi connectivity index (χ3n) is 3.20. The highest BCUT2D eigenvalue weighted by atomic mass is 16.5. The largest absolute Gasteiger partial charge is 0.379 e. The molecule has 2 heteroatoms. The topological polar surface area (TPSA) is 35.2 Å². The van der Waals surface area contributed by atoms with Crippen molar-refractivity contribution in [3.8, 4) is 0 Å². The van der Waals surface area contributed by atoms with Crippen molar-refractivity contribution in [2.45, 2.75) is 38.2 Å². The average Bonchev–Trinajstić information content (AvgIpc) is 2.31. The van der Waals surface area contributed by atoms with Gasteiger partial charge in [0.15, 0.2) is 0 Å². The molecule has 0 aliphatic carbocycles. The van der Waals surface area contributed by atoms with Gasteiger partial charge in [-0.25, -0.2) is 0 Å². The lowest BCUT2D eigenvalue weighted by Gasteiger charge is -2.25. The molecule has 0 fully saturated rings. The normalized spacial score (nSPS) is 13.8. The summed E-state index contributed by atoms with van der Waals surface area (Å²) in [4.78, 5) is 0. The Balaban J connectivity index is 2.57. The summed E-state index contributed by atoms with van der Waals surface area (Å²) in [6, 6.07) is 10.5. The van der Waals surface area contributed by atoms with Crippen molar-refractivity contribution in [1.29, 1.82) is 0 Å². The molecular weight excluding hydrogens is 198 g/mol. The van der Waals surface area contributed by atoms with Crippen LogP contribution in [-0.4, -0.2) is 19.3 Å². The fourth-order valence-corrected chi connectivity index (χ4v) is 1.77. The molecule has 0 heterocycles.